The summed E-state index contributed by atoms with van der Waals surface area (Å²) in [5.41, 5.74) is 0. The van der Waals surface area contributed by atoms with Gasteiger partial charge >= 0.3 is 0 Å². The average molecular weight is 278 g/mol. The Morgan fingerprint density at radius 1 is 1.32 bits per heavy atom. The molecule has 1 fully saturated rings. The summed E-state index contributed by atoms with van der Waals surface area (Å²) in [6.07, 6.45) is 0.646. The van der Waals surface area contributed by atoms with E-state index in [9.17, 15) is 9.59 Å². The molecule has 0 saturated carbocycles. The summed E-state index contributed by atoms with van der Waals surface area (Å²) in [4.78, 5) is 26.4. The highest BCUT2D eigenvalue weighted by Gasteiger charge is 2.30. The molecule has 1 aliphatic heterocycles. The van der Waals surface area contributed by atoms with Crippen molar-refractivity contribution in [1.82, 2.24) is 10.2 Å². The fourth-order valence-corrected chi connectivity index (χ4v) is 2.93. The van der Waals surface area contributed by atoms with Gasteiger partial charge in [0.15, 0.2) is 0 Å². The summed E-state index contributed by atoms with van der Waals surface area (Å²) in [5, 5.41) is 2.72. The number of hydrogen-bond donors (Lipinski definition) is 1. The lowest BCUT2D eigenvalue weighted by molar-refractivity contribution is -0.144. The van der Waals surface area contributed by atoms with Gasteiger partial charge in [-0.3, -0.25) is 9.59 Å². The van der Waals surface area contributed by atoms with E-state index in [1.807, 2.05) is 37.3 Å². The van der Waals surface area contributed by atoms with Crippen molar-refractivity contribution in [2.75, 3.05) is 18.8 Å². The van der Waals surface area contributed by atoms with Gasteiger partial charge in [0.1, 0.15) is 6.04 Å². The number of nitrogens with zero attached hydrogens (tertiary/aromatic N) is 1. The normalized spacial score (nSPS) is 19.4. The van der Waals surface area contributed by atoms with E-state index in [4.69, 9.17) is 0 Å². The highest BCUT2D eigenvalue weighted by Crippen LogP contribution is 2.17. The van der Waals surface area contributed by atoms with Crippen LogP contribution in [-0.2, 0) is 9.59 Å². The molecule has 2 amide bonds. The fraction of sp³-hybridized carbons (Fsp3) is 0.429. The quantitative estimate of drug-likeness (QED) is 0.831. The Labute approximate surface area is 117 Å². The third kappa shape index (κ3) is 3.73. The van der Waals surface area contributed by atoms with Gasteiger partial charge in [-0.1, -0.05) is 25.1 Å². The van der Waals surface area contributed by atoms with Crippen molar-refractivity contribution in [3.63, 3.8) is 0 Å². The van der Waals surface area contributed by atoms with E-state index in [-0.39, 0.29) is 24.4 Å². The Hall–Kier alpha value is -1.49. The molecule has 0 aromatic heterocycles. The predicted molar refractivity (Wildman–Crippen MR) is 76.0 cm³/mol. The van der Waals surface area contributed by atoms with Crippen LogP contribution in [0.5, 0.6) is 0 Å². The standard InChI is InChI=1S/C14H18N2O2S/c1-2-12-14(18)16(10-13(17)15-12)8-9-19-11-6-4-3-5-7-11/h3-7,12H,2,8-10H2,1H3,(H,15,17). The van der Waals surface area contributed by atoms with E-state index in [1.165, 1.54) is 4.90 Å². The summed E-state index contributed by atoms with van der Waals surface area (Å²) in [7, 11) is 0. The lowest BCUT2D eigenvalue weighted by Crippen LogP contribution is -2.58. The lowest BCUT2D eigenvalue weighted by Gasteiger charge is -2.31. The van der Waals surface area contributed by atoms with Crippen molar-refractivity contribution in [2.24, 2.45) is 0 Å². The first-order chi connectivity index (χ1) is 9.20. The fourth-order valence-electron chi connectivity index (χ4n) is 2.03. The number of benzene rings is 1. The van der Waals surface area contributed by atoms with Crippen molar-refractivity contribution >= 4 is 23.6 Å². The van der Waals surface area contributed by atoms with Gasteiger partial charge in [-0.2, -0.15) is 0 Å². The second-order valence-electron chi connectivity index (χ2n) is 4.45. The number of thioether (sulfide) groups is 1. The molecular formula is C14H18N2O2S. The van der Waals surface area contributed by atoms with Crippen LogP contribution in [0.4, 0.5) is 0 Å². The molecule has 0 radical (unpaired) electrons. The smallest absolute Gasteiger partial charge is 0.245 e. The molecule has 19 heavy (non-hydrogen) atoms. The lowest BCUT2D eigenvalue weighted by atomic mass is 10.1. The Balaban J connectivity index is 1.84. The number of carbonyl (C=O) groups excluding carboxylic acids is 2. The molecular weight excluding hydrogens is 260 g/mol. The molecule has 1 heterocycles. The third-order valence-corrected chi connectivity index (χ3v) is 4.05. The average Bonchev–Trinajstić information content (AvgIpc) is 2.43. The Morgan fingerprint density at radius 3 is 2.74 bits per heavy atom. The number of rotatable bonds is 5. The van der Waals surface area contributed by atoms with E-state index in [1.54, 1.807) is 16.7 Å². The maximum absolute atomic E-state index is 12.0. The molecule has 1 unspecified atom stereocenters. The van der Waals surface area contributed by atoms with Crippen molar-refractivity contribution < 1.29 is 9.59 Å². The van der Waals surface area contributed by atoms with Crippen LogP contribution in [0, 0.1) is 0 Å². The van der Waals surface area contributed by atoms with Crippen molar-refractivity contribution in [1.29, 1.82) is 0 Å². The maximum Gasteiger partial charge on any atom is 0.245 e. The minimum Gasteiger partial charge on any atom is -0.343 e. The van der Waals surface area contributed by atoms with E-state index in [2.05, 4.69) is 5.32 Å². The van der Waals surface area contributed by atoms with Crippen molar-refractivity contribution in [2.45, 2.75) is 24.3 Å². The van der Waals surface area contributed by atoms with Crippen molar-refractivity contribution in [3.05, 3.63) is 30.3 Å². The van der Waals surface area contributed by atoms with Crippen LogP contribution >= 0.6 is 11.8 Å². The Kier molecular flexibility index (Phi) is 4.85. The van der Waals surface area contributed by atoms with Gasteiger partial charge in [0.25, 0.3) is 0 Å². The summed E-state index contributed by atoms with van der Waals surface area (Å²) in [5.74, 6) is 0.784. The van der Waals surface area contributed by atoms with Crippen molar-refractivity contribution in [3.8, 4) is 0 Å². The SMILES string of the molecule is CCC1NC(=O)CN(CCSc2ccccc2)C1=O. The Bertz CT molecular complexity index is 450. The van der Waals surface area contributed by atoms with Crippen LogP contribution < -0.4 is 5.32 Å². The highest BCUT2D eigenvalue weighted by molar-refractivity contribution is 7.99. The molecule has 1 aromatic rings. The second-order valence-corrected chi connectivity index (χ2v) is 5.62. The summed E-state index contributed by atoms with van der Waals surface area (Å²) in [6.45, 7) is 2.71. The molecule has 0 aliphatic carbocycles. The molecule has 1 atom stereocenters. The van der Waals surface area contributed by atoms with E-state index < -0.39 is 0 Å². The molecule has 1 N–H and O–H groups in total. The zero-order valence-electron chi connectivity index (χ0n) is 11.0. The summed E-state index contributed by atoms with van der Waals surface area (Å²) in [6, 6.07) is 9.72. The minimum absolute atomic E-state index is 0.0377. The minimum atomic E-state index is -0.344. The highest BCUT2D eigenvalue weighted by atomic mass is 32.2. The monoisotopic (exact) mass is 278 g/mol. The molecule has 0 spiro atoms. The maximum atomic E-state index is 12.0. The molecule has 0 bridgehead atoms. The van der Waals surface area contributed by atoms with E-state index >= 15 is 0 Å². The van der Waals surface area contributed by atoms with Gasteiger partial charge in [-0.05, 0) is 18.6 Å². The Morgan fingerprint density at radius 2 is 2.05 bits per heavy atom. The van der Waals surface area contributed by atoms with Gasteiger partial charge in [0, 0.05) is 17.2 Å². The zero-order valence-corrected chi connectivity index (χ0v) is 11.8. The second kappa shape index (κ2) is 6.61. The van der Waals surface area contributed by atoms with E-state index in [0.29, 0.717) is 13.0 Å². The topological polar surface area (TPSA) is 49.4 Å². The van der Waals surface area contributed by atoms with Gasteiger partial charge in [-0.25, -0.2) is 0 Å². The summed E-state index contributed by atoms with van der Waals surface area (Å²) >= 11 is 1.70. The van der Waals surface area contributed by atoms with Gasteiger partial charge in [-0.15, -0.1) is 11.8 Å². The van der Waals surface area contributed by atoms with Crippen LogP contribution in [-0.4, -0.2) is 41.6 Å². The first-order valence-electron chi connectivity index (χ1n) is 6.46. The largest absolute Gasteiger partial charge is 0.343 e. The number of amides is 2. The first kappa shape index (κ1) is 13.9. The van der Waals surface area contributed by atoms with Crippen LogP contribution in [0.3, 0.4) is 0 Å². The molecule has 1 saturated heterocycles. The molecule has 1 aliphatic rings. The number of carbonyl (C=O) groups is 2. The number of piperazine rings is 1. The zero-order chi connectivity index (χ0) is 13.7. The van der Waals surface area contributed by atoms with Crippen LogP contribution in [0.15, 0.2) is 35.2 Å². The van der Waals surface area contributed by atoms with E-state index in [0.717, 1.165) is 5.75 Å². The molecule has 4 nitrogen and oxygen atoms in total. The van der Waals surface area contributed by atoms with Gasteiger partial charge < -0.3 is 10.2 Å². The number of nitrogens with one attached hydrogen (secondary N) is 1. The number of hydrogen-bond acceptors (Lipinski definition) is 3. The molecule has 102 valence electrons. The van der Waals surface area contributed by atoms with Gasteiger partial charge in [0.2, 0.25) is 11.8 Å². The van der Waals surface area contributed by atoms with Gasteiger partial charge in [0.05, 0.1) is 6.54 Å². The van der Waals surface area contributed by atoms with Crippen LogP contribution in [0.2, 0.25) is 0 Å². The third-order valence-electron chi connectivity index (χ3n) is 3.06. The van der Waals surface area contributed by atoms with Crippen LogP contribution in [0.1, 0.15) is 13.3 Å². The van der Waals surface area contributed by atoms with Crippen LogP contribution in [0.25, 0.3) is 0 Å². The summed E-state index contributed by atoms with van der Waals surface area (Å²) < 4.78 is 0. The predicted octanol–water partition coefficient (Wildman–Crippen LogP) is 1.52. The molecule has 2 rings (SSSR count). The molecule has 5 heteroatoms. The molecule has 1 aromatic carbocycles. The first-order valence-corrected chi connectivity index (χ1v) is 7.45.